The van der Waals surface area contributed by atoms with E-state index in [1.807, 2.05) is 43.3 Å². The largest absolute Gasteiger partial charge is 0.481 e. The Morgan fingerprint density at radius 2 is 1.75 bits per heavy atom. The van der Waals surface area contributed by atoms with Crippen LogP contribution in [-0.4, -0.2) is 51.8 Å². The van der Waals surface area contributed by atoms with Gasteiger partial charge in [-0.2, -0.15) is 0 Å². The third-order valence-electron chi connectivity index (χ3n) is 6.60. The van der Waals surface area contributed by atoms with Gasteiger partial charge in [0, 0.05) is 12.5 Å². The number of ketones is 1. The van der Waals surface area contributed by atoms with E-state index in [1.165, 1.54) is 6.08 Å². The second-order valence-electron chi connectivity index (χ2n) is 9.64. The van der Waals surface area contributed by atoms with Gasteiger partial charge in [-0.1, -0.05) is 55.5 Å². The number of rotatable bonds is 11. The lowest BCUT2D eigenvalue weighted by molar-refractivity contribution is -0.150. The summed E-state index contributed by atoms with van der Waals surface area (Å²) in [7, 11) is 0. The van der Waals surface area contributed by atoms with Crippen molar-refractivity contribution in [3.63, 3.8) is 0 Å². The average molecular weight is 495 g/mol. The molecule has 3 rings (SSSR count). The van der Waals surface area contributed by atoms with Crippen LogP contribution >= 0.6 is 0 Å². The molecule has 0 saturated heterocycles. The predicted molar refractivity (Wildman–Crippen MR) is 135 cm³/mol. The van der Waals surface area contributed by atoms with Gasteiger partial charge in [-0.15, -0.1) is 0 Å². The van der Waals surface area contributed by atoms with Crippen LogP contribution in [0.1, 0.15) is 56.8 Å². The number of carbonyl (C=O) groups is 3. The quantitative estimate of drug-likeness (QED) is 0.340. The molecule has 192 valence electrons. The summed E-state index contributed by atoms with van der Waals surface area (Å²) in [5.74, 6) is -2.89. The Morgan fingerprint density at radius 1 is 1.06 bits per heavy atom. The van der Waals surface area contributed by atoms with Crippen LogP contribution < -0.4 is 0 Å². The van der Waals surface area contributed by atoms with E-state index in [9.17, 15) is 24.6 Å². The van der Waals surface area contributed by atoms with Crippen LogP contribution in [0.3, 0.4) is 0 Å². The van der Waals surface area contributed by atoms with Crippen LogP contribution in [0.2, 0.25) is 0 Å². The predicted octanol–water partition coefficient (Wildman–Crippen LogP) is 4.83. The molecule has 0 heterocycles. The Bertz CT molecular complexity index is 1110. The molecule has 36 heavy (non-hydrogen) atoms. The number of carboxylic acid groups (broad SMARTS) is 1. The molecule has 0 bridgehead atoms. The zero-order valence-electron chi connectivity index (χ0n) is 21.0. The molecule has 7 heteroatoms. The van der Waals surface area contributed by atoms with E-state index in [0.717, 1.165) is 17.5 Å². The summed E-state index contributed by atoms with van der Waals surface area (Å²) < 4.78 is 11.5. The maximum absolute atomic E-state index is 13.2. The third-order valence-corrected chi connectivity index (χ3v) is 6.60. The minimum absolute atomic E-state index is 0.240. The molecule has 1 aliphatic carbocycles. The topological polar surface area (TPSA) is 110 Å². The molecule has 3 unspecified atom stereocenters. The van der Waals surface area contributed by atoms with Gasteiger partial charge in [0.05, 0.1) is 18.1 Å². The maximum Gasteiger partial charge on any atom is 0.338 e. The molecule has 3 atom stereocenters. The van der Waals surface area contributed by atoms with Crippen LogP contribution in [-0.2, 0) is 19.1 Å². The molecule has 2 aromatic rings. The van der Waals surface area contributed by atoms with Gasteiger partial charge in [0.15, 0.2) is 11.4 Å². The smallest absolute Gasteiger partial charge is 0.338 e. The molecule has 7 nitrogen and oxygen atoms in total. The SMILES string of the molecule is CCCOC(C)(C)C(=O)C=CC1CCC(O)C1(CC(=O)O)OC(=O)c1cccc(-c2ccccc2)c1. The van der Waals surface area contributed by atoms with Gasteiger partial charge < -0.3 is 19.7 Å². The molecule has 0 aliphatic heterocycles. The fourth-order valence-electron chi connectivity index (χ4n) is 4.52. The van der Waals surface area contributed by atoms with Crippen molar-refractivity contribution >= 4 is 17.7 Å². The first-order chi connectivity index (χ1) is 17.1. The number of carbonyl (C=O) groups excluding carboxylic acids is 2. The second-order valence-corrected chi connectivity index (χ2v) is 9.64. The summed E-state index contributed by atoms with van der Waals surface area (Å²) in [5, 5.41) is 20.5. The van der Waals surface area contributed by atoms with Gasteiger partial charge in [0.25, 0.3) is 0 Å². The van der Waals surface area contributed by atoms with Gasteiger partial charge >= 0.3 is 11.9 Å². The molecule has 0 aromatic heterocycles. The summed E-state index contributed by atoms with van der Waals surface area (Å²) in [4.78, 5) is 37.8. The van der Waals surface area contributed by atoms with Crippen molar-refractivity contribution in [2.75, 3.05) is 6.61 Å². The van der Waals surface area contributed by atoms with Gasteiger partial charge in [-0.3, -0.25) is 9.59 Å². The molecular weight excluding hydrogens is 460 g/mol. The Labute approximate surface area is 211 Å². The first kappa shape index (κ1) is 27.3. The highest BCUT2D eigenvalue weighted by Gasteiger charge is 2.53. The van der Waals surface area contributed by atoms with Crippen molar-refractivity contribution in [2.24, 2.45) is 5.92 Å². The number of benzene rings is 2. The first-order valence-electron chi connectivity index (χ1n) is 12.2. The van der Waals surface area contributed by atoms with Crippen LogP contribution in [0.15, 0.2) is 66.7 Å². The second kappa shape index (κ2) is 11.6. The number of aliphatic carboxylic acids is 1. The standard InChI is InChI=1S/C29H34O7/c1-4-17-35-28(2,3)24(30)15-13-23-14-16-25(31)29(23,19-26(32)33)36-27(34)22-12-8-11-21(18-22)20-9-6-5-7-10-20/h5-13,15,18,23,25,31H,4,14,16-17,19H2,1-3H3,(H,32,33). The van der Waals surface area contributed by atoms with E-state index in [4.69, 9.17) is 9.47 Å². The summed E-state index contributed by atoms with van der Waals surface area (Å²) >= 11 is 0. The van der Waals surface area contributed by atoms with E-state index in [2.05, 4.69) is 0 Å². The number of aliphatic hydroxyl groups is 1. The molecule has 2 N–H and O–H groups in total. The van der Waals surface area contributed by atoms with E-state index >= 15 is 0 Å². The molecular formula is C29H34O7. The summed E-state index contributed by atoms with van der Waals surface area (Å²) in [5.41, 5.74) is -0.778. The molecule has 1 aliphatic rings. The highest BCUT2D eigenvalue weighted by molar-refractivity contribution is 5.96. The summed E-state index contributed by atoms with van der Waals surface area (Å²) in [6.45, 7) is 5.71. The molecule has 1 fully saturated rings. The van der Waals surface area contributed by atoms with Gasteiger partial charge in [-0.05, 0) is 62.4 Å². The summed E-state index contributed by atoms with van der Waals surface area (Å²) in [6, 6.07) is 16.4. The number of hydrogen-bond acceptors (Lipinski definition) is 6. The van der Waals surface area contributed by atoms with E-state index in [1.54, 1.807) is 38.1 Å². The minimum Gasteiger partial charge on any atom is -0.481 e. The molecule has 1 saturated carbocycles. The van der Waals surface area contributed by atoms with Crippen LogP contribution in [0, 0.1) is 5.92 Å². The third kappa shape index (κ3) is 6.28. The van der Waals surface area contributed by atoms with Crippen LogP contribution in [0.25, 0.3) is 11.1 Å². The summed E-state index contributed by atoms with van der Waals surface area (Å²) in [6.07, 6.45) is 2.49. The lowest BCUT2D eigenvalue weighted by Crippen LogP contribution is -2.48. The Hall–Kier alpha value is -3.29. The van der Waals surface area contributed by atoms with Crippen molar-refractivity contribution in [1.29, 1.82) is 0 Å². The highest BCUT2D eigenvalue weighted by Crippen LogP contribution is 2.43. The Morgan fingerprint density at radius 3 is 2.42 bits per heavy atom. The van der Waals surface area contributed by atoms with Crippen molar-refractivity contribution in [3.05, 3.63) is 72.3 Å². The fraction of sp³-hybridized carbons (Fsp3) is 0.414. The molecule has 2 aromatic carbocycles. The Balaban J connectivity index is 1.88. The van der Waals surface area contributed by atoms with Crippen molar-refractivity contribution in [1.82, 2.24) is 0 Å². The number of hydrogen-bond donors (Lipinski definition) is 2. The molecule has 0 spiro atoms. The van der Waals surface area contributed by atoms with Crippen LogP contribution in [0.5, 0.6) is 0 Å². The van der Waals surface area contributed by atoms with Crippen molar-refractivity contribution in [3.8, 4) is 11.1 Å². The van der Waals surface area contributed by atoms with E-state index in [-0.39, 0.29) is 17.8 Å². The fourth-order valence-corrected chi connectivity index (χ4v) is 4.52. The molecule has 0 radical (unpaired) electrons. The molecule has 0 amide bonds. The normalized spacial score (nSPS) is 22.0. The van der Waals surface area contributed by atoms with Gasteiger partial charge in [0.2, 0.25) is 0 Å². The lowest BCUT2D eigenvalue weighted by atomic mass is 9.84. The van der Waals surface area contributed by atoms with Crippen molar-refractivity contribution < 1.29 is 34.1 Å². The number of ether oxygens (including phenoxy) is 2. The first-order valence-corrected chi connectivity index (χ1v) is 12.2. The van der Waals surface area contributed by atoms with E-state index < -0.39 is 41.6 Å². The zero-order valence-corrected chi connectivity index (χ0v) is 21.0. The zero-order chi connectivity index (χ0) is 26.3. The minimum atomic E-state index is -1.70. The number of carboxylic acids is 1. The van der Waals surface area contributed by atoms with Crippen LogP contribution in [0.4, 0.5) is 0 Å². The number of esters is 1. The van der Waals surface area contributed by atoms with Gasteiger partial charge in [-0.25, -0.2) is 4.79 Å². The average Bonchev–Trinajstić information content (AvgIpc) is 3.15. The lowest BCUT2D eigenvalue weighted by Gasteiger charge is -2.35. The Kier molecular flexibility index (Phi) is 8.82. The van der Waals surface area contributed by atoms with Crippen molar-refractivity contribution in [2.45, 2.75) is 63.8 Å². The highest BCUT2D eigenvalue weighted by atomic mass is 16.6. The van der Waals surface area contributed by atoms with E-state index in [0.29, 0.717) is 13.0 Å². The maximum atomic E-state index is 13.2. The monoisotopic (exact) mass is 494 g/mol. The number of aliphatic hydroxyl groups excluding tert-OH is 1. The van der Waals surface area contributed by atoms with Gasteiger partial charge in [0.1, 0.15) is 5.60 Å².